The fourth-order valence-electron chi connectivity index (χ4n) is 4.57. The molecule has 0 atom stereocenters. The van der Waals surface area contributed by atoms with E-state index >= 15 is 0 Å². The number of aromatic nitrogens is 1. The summed E-state index contributed by atoms with van der Waals surface area (Å²) < 4.78 is 2.18. The second kappa shape index (κ2) is 6.14. The zero-order valence-electron chi connectivity index (χ0n) is 17.3. The lowest BCUT2D eigenvalue weighted by Gasteiger charge is -2.05. The SMILES string of the molecule is CC1=NC(=Nc2c3cc4ccccc4cc3c(C)n2C)c2cc3ccccc3cc21. The summed E-state index contributed by atoms with van der Waals surface area (Å²) >= 11 is 0. The minimum atomic E-state index is 0.795. The van der Waals surface area contributed by atoms with E-state index in [0.29, 0.717) is 0 Å². The first kappa shape index (κ1) is 17.2. The van der Waals surface area contributed by atoms with E-state index in [9.17, 15) is 0 Å². The van der Waals surface area contributed by atoms with Gasteiger partial charge in [-0.1, -0.05) is 48.5 Å². The minimum absolute atomic E-state index is 0.795. The molecule has 0 bridgehead atoms. The summed E-state index contributed by atoms with van der Waals surface area (Å²) in [5.41, 5.74) is 4.52. The van der Waals surface area contributed by atoms with Crippen molar-refractivity contribution in [1.29, 1.82) is 0 Å². The lowest BCUT2D eigenvalue weighted by atomic mass is 10.00. The maximum atomic E-state index is 5.10. The molecular formula is C27H21N3. The van der Waals surface area contributed by atoms with Crippen molar-refractivity contribution in [3.8, 4) is 0 Å². The van der Waals surface area contributed by atoms with Crippen molar-refractivity contribution in [2.75, 3.05) is 0 Å². The fourth-order valence-corrected chi connectivity index (χ4v) is 4.57. The van der Waals surface area contributed by atoms with Gasteiger partial charge in [0.2, 0.25) is 0 Å². The van der Waals surface area contributed by atoms with Crippen LogP contribution in [0.4, 0.5) is 5.82 Å². The number of benzene rings is 4. The number of hydrogen-bond donors (Lipinski definition) is 0. The number of nitrogens with zero attached hydrogens (tertiary/aromatic N) is 3. The lowest BCUT2D eigenvalue weighted by Crippen LogP contribution is -1.97. The molecule has 6 rings (SSSR count). The van der Waals surface area contributed by atoms with Crippen LogP contribution in [0.15, 0.2) is 82.8 Å². The second-order valence-electron chi connectivity index (χ2n) is 8.09. The van der Waals surface area contributed by atoms with Crippen molar-refractivity contribution in [3.63, 3.8) is 0 Å². The van der Waals surface area contributed by atoms with Crippen molar-refractivity contribution < 1.29 is 0 Å². The van der Waals surface area contributed by atoms with E-state index in [-0.39, 0.29) is 0 Å². The van der Waals surface area contributed by atoms with Crippen molar-refractivity contribution in [2.45, 2.75) is 13.8 Å². The molecule has 3 heteroatoms. The summed E-state index contributed by atoms with van der Waals surface area (Å²) in [6.45, 7) is 4.23. The Morgan fingerprint density at radius 2 is 1.23 bits per heavy atom. The Hall–Kier alpha value is -3.72. The van der Waals surface area contributed by atoms with E-state index < -0.39 is 0 Å². The second-order valence-corrected chi connectivity index (χ2v) is 8.09. The van der Waals surface area contributed by atoms with Crippen LogP contribution in [0, 0.1) is 6.92 Å². The first-order chi connectivity index (χ1) is 14.6. The van der Waals surface area contributed by atoms with Crippen LogP contribution in [0.2, 0.25) is 0 Å². The lowest BCUT2D eigenvalue weighted by molar-refractivity contribution is 0.888. The maximum absolute atomic E-state index is 5.10. The largest absolute Gasteiger partial charge is 0.332 e. The Bertz CT molecular complexity index is 1560. The van der Waals surface area contributed by atoms with Gasteiger partial charge in [-0.15, -0.1) is 0 Å². The van der Waals surface area contributed by atoms with Gasteiger partial charge in [0.15, 0.2) is 5.84 Å². The highest BCUT2D eigenvalue weighted by molar-refractivity contribution is 6.24. The summed E-state index contributed by atoms with van der Waals surface area (Å²) in [5.74, 6) is 1.75. The topological polar surface area (TPSA) is 29.6 Å². The highest BCUT2D eigenvalue weighted by atomic mass is 15.1. The Morgan fingerprint density at radius 1 is 0.700 bits per heavy atom. The van der Waals surface area contributed by atoms with Gasteiger partial charge in [0, 0.05) is 40.4 Å². The van der Waals surface area contributed by atoms with Crippen molar-refractivity contribution in [3.05, 3.63) is 89.6 Å². The van der Waals surface area contributed by atoms with Gasteiger partial charge < -0.3 is 4.57 Å². The van der Waals surface area contributed by atoms with E-state index in [4.69, 9.17) is 9.98 Å². The van der Waals surface area contributed by atoms with Gasteiger partial charge in [-0.3, -0.25) is 0 Å². The average molecular weight is 387 g/mol. The molecule has 2 heterocycles. The summed E-state index contributed by atoms with van der Waals surface area (Å²) in [5, 5.41) is 7.35. The number of aryl methyl sites for hydroxylation is 1. The molecule has 0 spiro atoms. The molecule has 1 aliphatic rings. The molecule has 0 saturated carbocycles. The van der Waals surface area contributed by atoms with Gasteiger partial charge in [0.1, 0.15) is 5.82 Å². The molecule has 0 N–H and O–H groups in total. The van der Waals surface area contributed by atoms with Crippen LogP contribution in [0.25, 0.3) is 32.3 Å². The first-order valence-electron chi connectivity index (χ1n) is 10.3. The third-order valence-corrected chi connectivity index (χ3v) is 6.34. The molecule has 5 aromatic rings. The number of aliphatic imine (C=N–C) groups is 2. The molecule has 144 valence electrons. The van der Waals surface area contributed by atoms with Crippen LogP contribution in [0.5, 0.6) is 0 Å². The predicted molar refractivity (Wildman–Crippen MR) is 128 cm³/mol. The molecule has 3 nitrogen and oxygen atoms in total. The molecule has 0 fully saturated rings. The minimum Gasteiger partial charge on any atom is -0.332 e. The number of hydrogen-bond acceptors (Lipinski definition) is 1. The number of rotatable bonds is 1. The van der Waals surface area contributed by atoms with E-state index in [1.165, 1.54) is 43.6 Å². The quantitative estimate of drug-likeness (QED) is 0.306. The van der Waals surface area contributed by atoms with Crippen LogP contribution in [-0.2, 0) is 7.05 Å². The van der Waals surface area contributed by atoms with Gasteiger partial charge in [-0.25, -0.2) is 9.98 Å². The standard InChI is InChI=1S/C27H21N3/c1-16-22-12-18-8-4-6-10-20(18)14-24(22)26(28-16)29-27-25-15-21-11-7-5-9-19(21)13-23(25)17(2)30(27)3/h4-15H,1-3H3. The Morgan fingerprint density at radius 3 is 1.87 bits per heavy atom. The monoisotopic (exact) mass is 387 g/mol. The van der Waals surface area contributed by atoms with Crippen LogP contribution in [0.1, 0.15) is 23.7 Å². The van der Waals surface area contributed by atoms with Crippen LogP contribution in [0.3, 0.4) is 0 Å². The molecule has 0 unspecified atom stereocenters. The van der Waals surface area contributed by atoms with Crippen molar-refractivity contribution >= 4 is 49.7 Å². The normalized spacial score (nSPS) is 14.8. The summed E-state index contributed by atoms with van der Waals surface area (Å²) in [4.78, 5) is 9.95. The smallest absolute Gasteiger partial charge is 0.162 e. The van der Waals surface area contributed by atoms with Gasteiger partial charge in [-0.2, -0.15) is 0 Å². The molecule has 1 aliphatic heterocycles. The summed E-state index contributed by atoms with van der Waals surface area (Å²) in [7, 11) is 2.09. The molecule has 0 amide bonds. The van der Waals surface area contributed by atoms with Gasteiger partial charge >= 0.3 is 0 Å². The third kappa shape index (κ3) is 2.38. The van der Waals surface area contributed by atoms with Crippen LogP contribution >= 0.6 is 0 Å². The average Bonchev–Trinajstić information content (AvgIpc) is 3.19. The molecule has 1 aromatic heterocycles. The first-order valence-corrected chi connectivity index (χ1v) is 10.3. The molecular weight excluding hydrogens is 366 g/mol. The van der Waals surface area contributed by atoms with Gasteiger partial charge in [-0.05, 0) is 59.7 Å². The van der Waals surface area contributed by atoms with Gasteiger partial charge in [0.25, 0.3) is 0 Å². The van der Waals surface area contributed by atoms with Crippen LogP contribution in [-0.4, -0.2) is 16.1 Å². The highest BCUT2D eigenvalue weighted by Crippen LogP contribution is 2.36. The third-order valence-electron chi connectivity index (χ3n) is 6.34. The van der Waals surface area contributed by atoms with E-state index in [1.54, 1.807) is 0 Å². The number of amidine groups is 1. The zero-order valence-corrected chi connectivity index (χ0v) is 17.3. The fraction of sp³-hybridized carbons (Fsp3) is 0.111. The van der Waals surface area contributed by atoms with Gasteiger partial charge in [0.05, 0.1) is 0 Å². The number of fused-ring (bicyclic) bond motifs is 4. The summed E-state index contributed by atoms with van der Waals surface area (Å²) in [6.07, 6.45) is 0. The zero-order chi connectivity index (χ0) is 20.4. The molecule has 0 saturated heterocycles. The highest BCUT2D eigenvalue weighted by Gasteiger charge is 2.21. The van der Waals surface area contributed by atoms with Crippen molar-refractivity contribution in [2.24, 2.45) is 17.0 Å². The molecule has 0 aliphatic carbocycles. The van der Waals surface area contributed by atoms with E-state index in [2.05, 4.69) is 98.3 Å². The summed E-state index contributed by atoms with van der Waals surface area (Å²) in [6, 6.07) is 25.9. The molecule has 30 heavy (non-hydrogen) atoms. The van der Waals surface area contributed by atoms with Crippen molar-refractivity contribution in [1.82, 2.24) is 4.57 Å². The maximum Gasteiger partial charge on any atom is 0.162 e. The van der Waals surface area contributed by atoms with E-state index in [1.807, 2.05) is 0 Å². The van der Waals surface area contributed by atoms with E-state index in [0.717, 1.165) is 22.9 Å². The Balaban J connectivity index is 1.62. The Labute approximate surface area is 175 Å². The molecule has 0 radical (unpaired) electrons. The Kier molecular flexibility index (Phi) is 3.51. The van der Waals surface area contributed by atoms with Crippen LogP contribution < -0.4 is 0 Å². The molecule has 4 aromatic carbocycles. The predicted octanol–water partition coefficient (Wildman–Crippen LogP) is 6.69.